The van der Waals surface area contributed by atoms with Crippen LogP contribution in [0.25, 0.3) is 12.5 Å². The summed E-state index contributed by atoms with van der Waals surface area (Å²) in [5, 5.41) is 3.42. The Labute approximate surface area is 189 Å². The SMILES string of the molecule is C=c1cc(C)n(CC(=O)Nc2ccc(C)cc2C)c(=O)c1=C1N=C(c2ccc(F)cc2)NO1. The predicted molar refractivity (Wildman–Crippen MR) is 125 cm³/mol. The average molecular weight is 446 g/mol. The number of aliphatic imine (C=N–C) groups is 1. The molecule has 0 aliphatic carbocycles. The van der Waals surface area contributed by atoms with Crippen molar-refractivity contribution in [3.63, 3.8) is 0 Å². The van der Waals surface area contributed by atoms with Crippen LogP contribution >= 0.6 is 0 Å². The van der Waals surface area contributed by atoms with Crippen molar-refractivity contribution in [1.82, 2.24) is 10.0 Å². The van der Waals surface area contributed by atoms with Crippen molar-refractivity contribution >= 4 is 29.9 Å². The van der Waals surface area contributed by atoms with Crippen LogP contribution in [0.15, 0.2) is 58.3 Å². The largest absolute Gasteiger partial charge is 0.359 e. The molecule has 0 bridgehead atoms. The van der Waals surface area contributed by atoms with Crippen molar-refractivity contribution in [2.24, 2.45) is 4.99 Å². The Kier molecular flexibility index (Phi) is 5.83. The van der Waals surface area contributed by atoms with Crippen LogP contribution in [0.4, 0.5) is 10.1 Å². The Balaban J connectivity index is 1.69. The van der Waals surface area contributed by atoms with E-state index >= 15 is 0 Å². The maximum atomic E-state index is 13.3. The van der Waals surface area contributed by atoms with Crippen LogP contribution in [0, 0.1) is 26.6 Å². The van der Waals surface area contributed by atoms with E-state index in [9.17, 15) is 14.0 Å². The maximum absolute atomic E-state index is 13.3. The van der Waals surface area contributed by atoms with Gasteiger partial charge in [-0.05, 0) is 68.0 Å². The van der Waals surface area contributed by atoms with Gasteiger partial charge in [0.1, 0.15) is 17.6 Å². The Morgan fingerprint density at radius 1 is 1.15 bits per heavy atom. The van der Waals surface area contributed by atoms with Gasteiger partial charge in [0.15, 0.2) is 5.84 Å². The standard InChI is InChI=1S/C25H23FN4O3/c1-14-5-10-20(15(2)11-14)27-21(31)13-30-17(4)12-16(3)22(25(30)32)24-28-23(29-33-24)18-6-8-19(26)9-7-18/h5-12H,3,13H2,1-2,4H3,(H,27,31)(H,28,29). The van der Waals surface area contributed by atoms with Gasteiger partial charge in [0.05, 0.1) is 0 Å². The zero-order chi connectivity index (χ0) is 23.7. The Morgan fingerprint density at radius 2 is 1.88 bits per heavy atom. The van der Waals surface area contributed by atoms with Crippen molar-refractivity contribution in [1.29, 1.82) is 0 Å². The highest BCUT2D eigenvalue weighted by Crippen LogP contribution is 2.16. The van der Waals surface area contributed by atoms with Gasteiger partial charge in [-0.25, -0.2) is 9.87 Å². The minimum absolute atomic E-state index is 0.0351. The fourth-order valence-electron chi connectivity index (χ4n) is 3.63. The van der Waals surface area contributed by atoms with Gasteiger partial charge in [-0.3, -0.25) is 9.59 Å². The van der Waals surface area contributed by atoms with E-state index in [2.05, 4.69) is 22.4 Å². The number of anilines is 1. The number of aromatic nitrogens is 1. The number of hydrogen-bond donors (Lipinski definition) is 2. The molecule has 2 N–H and O–H groups in total. The molecule has 0 unspecified atom stereocenters. The highest BCUT2D eigenvalue weighted by Gasteiger charge is 2.18. The molecular weight excluding hydrogens is 423 g/mol. The number of benzene rings is 2. The van der Waals surface area contributed by atoms with Gasteiger partial charge >= 0.3 is 0 Å². The number of aryl methyl sites for hydroxylation is 3. The van der Waals surface area contributed by atoms with Crippen LogP contribution < -0.4 is 26.8 Å². The van der Waals surface area contributed by atoms with Crippen molar-refractivity contribution in [3.05, 3.63) is 97.5 Å². The highest BCUT2D eigenvalue weighted by atomic mass is 19.1. The zero-order valence-electron chi connectivity index (χ0n) is 18.5. The van der Waals surface area contributed by atoms with Crippen molar-refractivity contribution in [3.8, 4) is 0 Å². The van der Waals surface area contributed by atoms with E-state index in [4.69, 9.17) is 4.84 Å². The van der Waals surface area contributed by atoms with Crippen molar-refractivity contribution in [2.75, 3.05) is 5.32 Å². The molecule has 7 nitrogen and oxygen atoms in total. The number of pyridine rings is 1. The molecule has 33 heavy (non-hydrogen) atoms. The Morgan fingerprint density at radius 3 is 2.58 bits per heavy atom. The summed E-state index contributed by atoms with van der Waals surface area (Å²) >= 11 is 0. The summed E-state index contributed by atoms with van der Waals surface area (Å²) in [5.41, 5.74) is 6.10. The molecule has 2 heterocycles. The number of nitrogens with one attached hydrogen (secondary N) is 2. The summed E-state index contributed by atoms with van der Waals surface area (Å²) in [4.78, 5) is 35.8. The first-order valence-electron chi connectivity index (χ1n) is 10.3. The van der Waals surface area contributed by atoms with E-state index < -0.39 is 5.56 Å². The van der Waals surface area contributed by atoms with Crippen LogP contribution in [0.3, 0.4) is 0 Å². The van der Waals surface area contributed by atoms with Crippen LogP contribution in [-0.4, -0.2) is 16.3 Å². The third kappa shape index (κ3) is 4.55. The summed E-state index contributed by atoms with van der Waals surface area (Å²) < 4.78 is 14.6. The average Bonchev–Trinajstić information content (AvgIpc) is 3.23. The van der Waals surface area contributed by atoms with Crippen LogP contribution in [0.2, 0.25) is 0 Å². The maximum Gasteiger partial charge on any atom is 0.264 e. The molecule has 168 valence electrons. The van der Waals surface area contributed by atoms with Gasteiger partial charge in [0, 0.05) is 16.9 Å². The van der Waals surface area contributed by atoms with Gasteiger partial charge in [-0.1, -0.05) is 24.3 Å². The first kappa shape index (κ1) is 22.0. The van der Waals surface area contributed by atoms with Crippen LogP contribution in [0.1, 0.15) is 22.4 Å². The topological polar surface area (TPSA) is 84.7 Å². The fraction of sp³-hybridized carbons (Fsp3) is 0.160. The predicted octanol–water partition coefficient (Wildman–Crippen LogP) is 2.01. The molecule has 3 aromatic rings. The second-order valence-electron chi connectivity index (χ2n) is 7.92. The smallest absolute Gasteiger partial charge is 0.264 e. The summed E-state index contributed by atoms with van der Waals surface area (Å²) in [6.45, 7) is 9.38. The summed E-state index contributed by atoms with van der Waals surface area (Å²) in [6, 6.07) is 13.1. The lowest BCUT2D eigenvalue weighted by molar-refractivity contribution is -0.116. The Bertz CT molecular complexity index is 1460. The molecule has 1 aliphatic heterocycles. The minimum atomic E-state index is -0.448. The molecule has 2 aromatic carbocycles. The van der Waals surface area contributed by atoms with E-state index in [1.807, 2.05) is 32.0 Å². The molecule has 0 saturated carbocycles. The molecule has 0 atom stereocenters. The highest BCUT2D eigenvalue weighted by molar-refractivity contribution is 6.01. The molecular formula is C25H23FN4O3. The van der Waals surface area contributed by atoms with E-state index in [-0.39, 0.29) is 29.4 Å². The molecule has 4 rings (SSSR count). The first-order valence-corrected chi connectivity index (χ1v) is 10.3. The molecule has 0 radical (unpaired) electrons. The van der Waals surface area contributed by atoms with E-state index in [1.165, 1.54) is 16.7 Å². The van der Waals surface area contributed by atoms with Gasteiger partial charge in [0.25, 0.3) is 11.4 Å². The third-order valence-electron chi connectivity index (χ3n) is 5.34. The van der Waals surface area contributed by atoms with Gasteiger partial charge in [-0.15, -0.1) is 0 Å². The molecule has 8 heteroatoms. The number of nitrogens with zero attached hydrogens (tertiary/aromatic N) is 2. The minimum Gasteiger partial charge on any atom is -0.359 e. The number of hydroxylamine groups is 1. The quantitative estimate of drug-likeness (QED) is 0.642. The second-order valence-corrected chi connectivity index (χ2v) is 7.92. The number of rotatable bonds is 4. The monoisotopic (exact) mass is 446 g/mol. The summed E-state index contributed by atoms with van der Waals surface area (Å²) in [6.07, 6.45) is 0. The van der Waals surface area contributed by atoms with Gasteiger partial charge < -0.3 is 14.7 Å². The third-order valence-corrected chi connectivity index (χ3v) is 5.34. The number of halogens is 1. The molecule has 0 fully saturated rings. The molecule has 1 amide bonds. The lowest BCUT2D eigenvalue weighted by Gasteiger charge is -2.12. The number of carbonyl (C=O) groups excluding carboxylic acids is 1. The van der Waals surface area contributed by atoms with Crippen LogP contribution in [0.5, 0.6) is 0 Å². The van der Waals surface area contributed by atoms with Gasteiger partial charge in [-0.2, -0.15) is 4.99 Å². The second kappa shape index (κ2) is 8.74. The van der Waals surface area contributed by atoms with Crippen molar-refractivity contribution < 1.29 is 14.0 Å². The first-order chi connectivity index (χ1) is 15.7. The molecule has 0 spiro atoms. The summed E-state index contributed by atoms with van der Waals surface area (Å²) in [5.74, 6) is -0.333. The molecule has 1 aromatic heterocycles. The summed E-state index contributed by atoms with van der Waals surface area (Å²) in [7, 11) is 0. The van der Waals surface area contributed by atoms with E-state index in [0.717, 1.165) is 11.1 Å². The zero-order valence-corrected chi connectivity index (χ0v) is 18.5. The van der Waals surface area contributed by atoms with E-state index in [1.54, 1.807) is 25.1 Å². The fourth-order valence-corrected chi connectivity index (χ4v) is 3.63. The normalized spacial score (nSPS) is 14.4. The molecule has 1 aliphatic rings. The lowest BCUT2D eigenvalue weighted by atomic mass is 10.1. The Hall–Kier alpha value is -4.20. The molecule has 0 saturated heterocycles. The van der Waals surface area contributed by atoms with Crippen molar-refractivity contribution in [2.45, 2.75) is 27.3 Å². The number of carbonyl (C=O) groups is 1. The number of hydrogen-bond acceptors (Lipinski definition) is 5. The van der Waals surface area contributed by atoms with Gasteiger partial charge in [0.2, 0.25) is 5.91 Å². The number of amidine groups is 1. The number of amides is 1. The van der Waals surface area contributed by atoms with E-state index in [0.29, 0.717) is 28.0 Å². The lowest BCUT2D eigenvalue weighted by Crippen LogP contribution is -2.47. The van der Waals surface area contributed by atoms with Crippen LogP contribution in [-0.2, 0) is 16.2 Å².